The number of aliphatic hydroxyl groups excluding tert-OH is 2. The van der Waals surface area contributed by atoms with E-state index in [0.717, 1.165) is 125 Å². The molecule has 0 unspecified atom stereocenters. The molecule has 27 heteroatoms. The minimum Gasteiger partial charge on any atom is -0.465 e. The predicted molar refractivity (Wildman–Crippen MR) is 377 cm³/mol. The summed E-state index contributed by atoms with van der Waals surface area (Å²) in [6.45, 7) is 18.6. The van der Waals surface area contributed by atoms with Gasteiger partial charge in [0.1, 0.15) is 29.5 Å². The van der Waals surface area contributed by atoms with Gasteiger partial charge in [0.2, 0.25) is 17.8 Å². The quantitative estimate of drug-likeness (QED) is 0.0126. The van der Waals surface area contributed by atoms with E-state index in [4.69, 9.17) is 30.6 Å². The molecule has 1 saturated carbocycles. The molecule has 27 nitrogen and oxygen atoms in total. The van der Waals surface area contributed by atoms with Crippen molar-refractivity contribution in [2.24, 2.45) is 28.8 Å². The number of benzene rings is 2. The van der Waals surface area contributed by atoms with Crippen LogP contribution in [0.2, 0.25) is 0 Å². The van der Waals surface area contributed by atoms with Crippen LogP contribution in [0.25, 0.3) is 33.4 Å². The van der Waals surface area contributed by atoms with Crippen molar-refractivity contribution < 1.29 is 43.4 Å². The largest absolute Gasteiger partial charge is 0.465 e. The number of rotatable bonds is 30. The zero-order valence-electron chi connectivity index (χ0n) is 57.8. The lowest BCUT2D eigenvalue weighted by atomic mass is 9.83. The van der Waals surface area contributed by atoms with Crippen LogP contribution in [0.3, 0.4) is 0 Å². The Labute approximate surface area is 577 Å². The summed E-state index contributed by atoms with van der Waals surface area (Å²) >= 11 is 0. The van der Waals surface area contributed by atoms with E-state index in [0.29, 0.717) is 134 Å². The van der Waals surface area contributed by atoms with Crippen molar-refractivity contribution in [3.05, 3.63) is 107 Å². The number of allylic oxidation sites excluding steroid dienone is 1. The highest BCUT2D eigenvalue weighted by Crippen LogP contribution is 2.34. The molecule has 5 aromatic heterocycles. The van der Waals surface area contributed by atoms with Crippen LogP contribution in [0.4, 0.5) is 23.7 Å². The molecular weight excluding hydrogens is 1260 g/mol. The molecule has 3 amide bonds. The van der Waals surface area contributed by atoms with Gasteiger partial charge in [0.25, 0.3) is 24.3 Å². The number of nitrogens with zero attached hydrogens (tertiary/aromatic N) is 15. The number of oxazole rings is 1. The van der Waals surface area contributed by atoms with Gasteiger partial charge in [0, 0.05) is 121 Å². The van der Waals surface area contributed by atoms with E-state index in [-0.39, 0.29) is 67.4 Å². The first kappa shape index (κ1) is 71.1. The van der Waals surface area contributed by atoms with Gasteiger partial charge in [-0.1, -0.05) is 57.1 Å². The number of aromatic nitrogens is 9. The van der Waals surface area contributed by atoms with Gasteiger partial charge < -0.3 is 60.6 Å². The van der Waals surface area contributed by atoms with Gasteiger partial charge >= 0.3 is 0 Å². The van der Waals surface area contributed by atoms with Gasteiger partial charge in [-0.2, -0.15) is 10.1 Å². The zero-order chi connectivity index (χ0) is 69.5. The lowest BCUT2D eigenvalue weighted by Gasteiger charge is -2.36. The number of piperazine rings is 2. The maximum atomic E-state index is 13.8. The standard InChI is InChI=1S/C72H96N18O9/c1-46(2)31-48(4)59(35-61(93)49(5)32-47(3)8-17-58(97-45-91)18-12-50-10-15-57(92)16-11-50)84-98-43-63(94)75-36-52-37-76-71(77-38-52)88-29-27-86(28-30-88)64(95)7-6-21-85-23-25-87(26-24-85)72-78-39-56(40-79-72)69(96)89-22-20-53-33-51(9-13-55(53)42-89)41-90-68-65(67(73)80-44-81-68)66(83-90)54-14-19-62-60(34-54)82-70(74)99-62/h9,13-14,19,32-34,37-40,44-48,50,57-58,61,92-93H,6-8,10-12,15-18,20-31,35-36,41-43H2,1-5H3,(H2,74,82)(H,75,94)(H2,73,80,81)/b49-32+,84-59-/t47-,48+,50?,57?,58-,61-/m0/s1. The maximum Gasteiger partial charge on any atom is 0.293 e. The van der Waals surface area contributed by atoms with Crippen LogP contribution >= 0.6 is 0 Å². The number of nitrogen functional groups attached to an aromatic ring is 2. The van der Waals surface area contributed by atoms with Crippen LogP contribution in [-0.4, -0.2) is 190 Å². The molecule has 7 N–H and O–H groups in total. The minimum absolute atomic E-state index is 0.0198. The Morgan fingerprint density at radius 1 is 0.818 bits per heavy atom. The number of aliphatic hydroxyl groups is 2. The molecule has 3 aliphatic heterocycles. The van der Waals surface area contributed by atoms with Crippen molar-refractivity contribution >= 4 is 75.8 Å². The highest BCUT2D eigenvalue weighted by molar-refractivity contribution is 5.99. The number of anilines is 4. The Morgan fingerprint density at radius 2 is 1.55 bits per heavy atom. The van der Waals surface area contributed by atoms with Gasteiger partial charge in [-0.05, 0) is 148 Å². The molecular formula is C72H96N18O9. The average Bonchev–Trinajstić information content (AvgIpc) is 1.63. The SMILES string of the molecule is C/C(=C\[C@@H](C)CC[C@@H](CCC1CCC(O)CC1)OC=O)[C@@H](O)C/C(=N/OCC(=O)NCc1cnc(N2CCN(C(=O)CCCN3CCN(c4ncc(C(=O)N5CCc6cc(Cn7nc(-c8ccc9oc(N)nc9c8)c8c(N)ncnc87)ccc6C5)cn4)CC3)CC2)nc1)[C@H](C)CC(C)C. The first-order valence-corrected chi connectivity index (χ1v) is 35.1. The summed E-state index contributed by atoms with van der Waals surface area (Å²) < 4.78 is 12.8. The van der Waals surface area contributed by atoms with E-state index in [1.165, 1.54) is 11.9 Å². The second kappa shape index (κ2) is 33.6. The molecule has 0 bridgehead atoms. The van der Waals surface area contributed by atoms with Crippen LogP contribution in [0.15, 0.2) is 88.7 Å². The maximum absolute atomic E-state index is 13.8. The number of fused-ring (bicyclic) bond motifs is 3. The molecule has 11 rings (SSSR count). The number of nitrogens with two attached hydrogens (primary N) is 2. The highest BCUT2D eigenvalue weighted by Gasteiger charge is 2.29. The van der Waals surface area contributed by atoms with Crippen LogP contribution in [0, 0.1) is 23.7 Å². The van der Waals surface area contributed by atoms with Gasteiger partial charge in [-0.25, -0.2) is 34.6 Å². The van der Waals surface area contributed by atoms with Gasteiger partial charge in [0.15, 0.2) is 17.8 Å². The summed E-state index contributed by atoms with van der Waals surface area (Å²) in [6.07, 6.45) is 19.1. The number of oxime groups is 1. The van der Waals surface area contributed by atoms with Crippen molar-refractivity contribution in [2.45, 2.75) is 156 Å². The van der Waals surface area contributed by atoms with E-state index in [1.54, 1.807) is 30.9 Å². The Bertz CT molecular complexity index is 3930. The third-order valence-corrected chi connectivity index (χ3v) is 19.8. The Hall–Kier alpha value is -9.21. The summed E-state index contributed by atoms with van der Waals surface area (Å²) in [5, 5.41) is 34.1. The molecule has 1 aliphatic carbocycles. The van der Waals surface area contributed by atoms with E-state index in [9.17, 15) is 29.4 Å². The number of carbonyl (C=O) groups excluding carboxylic acids is 4. The summed E-state index contributed by atoms with van der Waals surface area (Å²) in [4.78, 5) is 99.0. The Morgan fingerprint density at radius 3 is 2.27 bits per heavy atom. The second-order valence-corrected chi connectivity index (χ2v) is 27.7. The van der Waals surface area contributed by atoms with Crippen LogP contribution in [0.5, 0.6) is 0 Å². The molecule has 7 aromatic rings. The van der Waals surface area contributed by atoms with E-state index in [2.05, 4.69) is 112 Å². The van der Waals surface area contributed by atoms with Gasteiger partial charge in [-0.15, -0.1) is 0 Å². The fraction of sp³-hybridized carbons (Fsp3) is 0.542. The van der Waals surface area contributed by atoms with Crippen molar-refractivity contribution in [3.8, 4) is 11.3 Å². The molecule has 99 heavy (non-hydrogen) atoms. The lowest BCUT2D eigenvalue weighted by Crippen LogP contribution is -2.49. The molecule has 4 aliphatic rings. The summed E-state index contributed by atoms with van der Waals surface area (Å²) in [6, 6.07) is 12.0. The third-order valence-electron chi connectivity index (χ3n) is 19.8. The number of hydrogen-bond acceptors (Lipinski definition) is 23. The van der Waals surface area contributed by atoms with Crippen LogP contribution in [-0.2, 0) is 50.0 Å². The molecule has 4 atom stereocenters. The summed E-state index contributed by atoms with van der Waals surface area (Å²) in [5.41, 5.74) is 21.4. The monoisotopic (exact) mass is 1360 g/mol. The first-order chi connectivity index (χ1) is 47.9. The molecule has 8 heterocycles. The fourth-order valence-electron chi connectivity index (χ4n) is 14.1. The lowest BCUT2D eigenvalue weighted by molar-refractivity contribution is -0.134. The highest BCUT2D eigenvalue weighted by atomic mass is 16.6. The van der Waals surface area contributed by atoms with Crippen molar-refractivity contribution in [2.75, 3.05) is 93.3 Å². The van der Waals surface area contributed by atoms with Crippen LogP contribution < -0.4 is 26.6 Å². The molecule has 2 aromatic carbocycles. The van der Waals surface area contributed by atoms with Gasteiger partial charge in [-0.3, -0.25) is 24.1 Å². The van der Waals surface area contributed by atoms with E-state index in [1.807, 2.05) is 33.5 Å². The number of amides is 3. The zero-order valence-corrected chi connectivity index (χ0v) is 57.8. The number of ether oxygens (including phenoxy) is 1. The van der Waals surface area contributed by atoms with Crippen molar-refractivity contribution in [3.63, 3.8) is 0 Å². The number of hydrogen-bond donors (Lipinski definition) is 5. The Kier molecular flexibility index (Phi) is 24.1. The molecule has 3 fully saturated rings. The predicted octanol–water partition coefficient (Wildman–Crippen LogP) is 7.53. The normalized spacial score (nSPS) is 18.5. The minimum atomic E-state index is -0.784. The van der Waals surface area contributed by atoms with Crippen molar-refractivity contribution in [1.82, 2.24) is 64.7 Å². The first-order valence-electron chi connectivity index (χ1n) is 35.1. The topological polar surface area (TPSA) is 341 Å². The molecule has 528 valence electrons. The summed E-state index contributed by atoms with van der Waals surface area (Å²) in [5.74, 6) is 2.28. The molecule has 2 saturated heterocycles. The molecule has 0 spiro atoms. The fourth-order valence-corrected chi connectivity index (χ4v) is 14.1. The average molecular weight is 1360 g/mol. The van der Waals surface area contributed by atoms with Gasteiger partial charge in [0.05, 0.1) is 35.4 Å². The van der Waals surface area contributed by atoms with Crippen molar-refractivity contribution in [1.29, 1.82) is 0 Å². The Balaban J connectivity index is 0.557. The van der Waals surface area contributed by atoms with Crippen LogP contribution in [0.1, 0.15) is 144 Å². The number of carbonyl (C=O) groups is 4. The smallest absolute Gasteiger partial charge is 0.293 e. The second-order valence-electron chi connectivity index (χ2n) is 27.7. The molecule has 0 radical (unpaired) electrons. The van der Waals surface area contributed by atoms with E-state index >= 15 is 0 Å². The van der Waals surface area contributed by atoms with E-state index < -0.39 is 6.10 Å². The third kappa shape index (κ3) is 19.0. The summed E-state index contributed by atoms with van der Waals surface area (Å²) in [7, 11) is 0. The number of nitrogens with one attached hydrogen (secondary N) is 1.